The number of carboxylic acids is 1. The van der Waals surface area contributed by atoms with Gasteiger partial charge in [-0.25, -0.2) is 4.99 Å². The first kappa shape index (κ1) is 21.4. The average Bonchev–Trinajstić information content (AvgIpc) is 3.05. The first-order valence-corrected chi connectivity index (χ1v) is 10.1. The van der Waals surface area contributed by atoms with Gasteiger partial charge in [-0.05, 0) is 66.6 Å². The highest BCUT2D eigenvalue weighted by atomic mass is 32.2. The summed E-state index contributed by atoms with van der Waals surface area (Å²) in [6.07, 6.45) is 1.64. The van der Waals surface area contributed by atoms with E-state index < -0.39 is 5.97 Å². The molecular formula is C22H22N2O5S. The summed E-state index contributed by atoms with van der Waals surface area (Å²) >= 11 is 1.27. The van der Waals surface area contributed by atoms with Crippen molar-refractivity contribution >= 4 is 40.6 Å². The molecule has 1 aliphatic heterocycles. The van der Waals surface area contributed by atoms with Crippen LogP contribution in [0.3, 0.4) is 0 Å². The number of hydrogen-bond acceptors (Lipinski definition) is 6. The average molecular weight is 426 g/mol. The molecule has 30 heavy (non-hydrogen) atoms. The molecule has 1 heterocycles. The van der Waals surface area contributed by atoms with Crippen molar-refractivity contribution in [2.75, 3.05) is 13.7 Å². The summed E-state index contributed by atoms with van der Waals surface area (Å²) in [6, 6.07) is 11.1. The number of amides is 1. The lowest BCUT2D eigenvalue weighted by Crippen LogP contribution is -2.19. The third kappa shape index (κ3) is 5.21. The van der Waals surface area contributed by atoms with E-state index >= 15 is 0 Å². The summed E-state index contributed by atoms with van der Waals surface area (Å²) in [5.74, 6) is -0.244. The molecule has 7 nitrogen and oxygen atoms in total. The molecule has 0 atom stereocenters. The minimum Gasteiger partial charge on any atom is -0.493 e. The molecule has 1 saturated heterocycles. The van der Waals surface area contributed by atoms with E-state index in [4.69, 9.17) is 14.6 Å². The third-order valence-electron chi connectivity index (χ3n) is 4.51. The second-order valence-electron chi connectivity index (χ2n) is 6.60. The summed E-state index contributed by atoms with van der Waals surface area (Å²) < 4.78 is 10.8. The van der Waals surface area contributed by atoms with Crippen LogP contribution in [0.5, 0.6) is 11.5 Å². The van der Waals surface area contributed by atoms with E-state index in [1.165, 1.54) is 18.9 Å². The van der Waals surface area contributed by atoms with Gasteiger partial charge in [0.2, 0.25) is 0 Å². The smallest absolute Gasteiger partial charge is 0.306 e. The van der Waals surface area contributed by atoms with Crippen LogP contribution in [0.2, 0.25) is 0 Å². The number of nitrogens with zero attached hydrogens (tertiary/aromatic N) is 1. The SMILES string of the molecule is COc1cc(/C=C2/SC(=Nc3cccc(C)c3C)NC2=O)ccc1OCCC(=O)O. The lowest BCUT2D eigenvalue weighted by Gasteiger charge is -2.10. The fraction of sp³-hybridized carbons (Fsp3) is 0.227. The van der Waals surface area contributed by atoms with Crippen LogP contribution in [0.4, 0.5) is 5.69 Å². The summed E-state index contributed by atoms with van der Waals surface area (Å²) in [7, 11) is 1.50. The van der Waals surface area contributed by atoms with Crippen LogP contribution >= 0.6 is 11.8 Å². The van der Waals surface area contributed by atoms with Gasteiger partial charge >= 0.3 is 5.97 Å². The molecule has 0 spiro atoms. The summed E-state index contributed by atoms with van der Waals surface area (Å²) in [5.41, 5.74) is 3.78. The minimum atomic E-state index is -0.932. The highest BCUT2D eigenvalue weighted by Crippen LogP contribution is 2.33. The number of carbonyl (C=O) groups is 2. The molecule has 3 rings (SSSR count). The lowest BCUT2D eigenvalue weighted by molar-refractivity contribution is -0.137. The van der Waals surface area contributed by atoms with E-state index in [-0.39, 0.29) is 18.9 Å². The van der Waals surface area contributed by atoms with Gasteiger partial charge in [-0.1, -0.05) is 18.2 Å². The maximum atomic E-state index is 12.4. The predicted molar refractivity (Wildman–Crippen MR) is 117 cm³/mol. The number of carboxylic acid groups (broad SMARTS) is 1. The largest absolute Gasteiger partial charge is 0.493 e. The van der Waals surface area contributed by atoms with Gasteiger partial charge in [0, 0.05) is 0 Å². The molecule has 1 amide bonds. The van der Waals surface area contributed by atoms with Crippen LogP contribution in [0, 0.1) is 13.8 Å². The molecule has 0 aliphatic carbocycles. The van der Waals surface area contributed by atoms with Gasteiger partial charge in [-0.15, -0.1) is 0 Å². The van der Waals surface area contributed by atoms with E-state index in [9.17, 15) is 9.59 Å². The summed E-state index contributed by atoms with van der Waals surface area (Å²) in [5, 5.41) is 12.0. The molecule has 0 unspecified atom stereocenters. The molecule has 2 N–H and O–H groups in total. The molecular weight excluding hydrogens is 404 g/mol. The Balaban J connectivity index is 1.78. The Labute approximate surface area is 178 Å². The third-order valence-corrected chi connectivity index (χ3v) is 5.42. The van der Waals surface area contributed by atoms with E-state index in [1.54, 1.807) is 24.3 Å². The van der Waals surface area contributed by atoms with Crippen LogP contribution < -0.4 is 14.8 Å². The fourth-order valence-corrected chi connectivity index (χ4v) is 3.57. The quantitative estimate of drug-likeness (QED) is 0.648. The van der Waals surface area contributed by atoms with Crippen molar-refractivity contribution in [1.82, 2.24) is 5.32 Å². The van der Waals surface area contributed by atoms with Crippen molar-refractivity contribution in [3.05, 3.63) is 58.0 Å². The Kier molecular flexibility index (Phi) is 6.79. The van der Waals surface area contributed by atoms with Gasteiger partial charge in [0.15, 0.2) is 16.7 Å². The Bertz CT molecular complexity index is 1050. The van der Waals surface area contributed by atoms with E-state index in [2.05, 4.69) is 10.3 Å². The molecule has 2 aromatic carbocycles. The van der Waals surface area contributed by atoms with E-state index in [1.807, 2.05) is 32.0 Å². The molecule has 0 aromatic heterocycles. The number of thioether (sulfide) groups is 1. The van der Waals surface area contributed by atoms with Crippen molar-refractivity contribution in [1.29, 1.82) is 0 Å². The topological polar surface area (TPSA) is 97.2 Å². The van der Waals surface area contributed by atoms with Crippen molar-refractivity contribution in [2.24, 2.45) is 4.99 Å². The Hall–Kier alpha value is -3.26. The standard InChI is InChI=1S/C22H22N2O5S/c1-13-5-4-6-16(14(13)2)23-22-24-21(27)19(30-22)12-15-7-8-17(18(11-15)28-3)29-10-9-20(25)26/h4-8,11-12H,9-10H2,1-3H3,(H,25,26)(H,23,24,27)/b19-12+. The highest BCUT2D eigenvalue weighted by Gasteiger charge is 2.24. The molecule has 1 aliphatic rings. The molecule has 156 valence electrons. The Morgan fingerprint density at radius 1 is 1.23 bits per heavy atom. The predicted octanol–water partition coefficient (Wildman–Crippen LogP) is 4.06. The first-order valence-electron chi connectivity index (χ1n) is 9.26. The number of ether oxygens (including phenoxy) is 2. The number of amidine groups is 1. The zero-order chi connectivity index (χ0) is 21.7. The highest BCUT2D eigenvalue weighted by molar-refractivity contribution is 8.18. The monoisotopic (exact) mass is 426 g/mol. The Morgan fingerprint density at radius 3 is 2.77 bits per heavy atom. The zero-order valence-corrected chi connectivity index (χ0v) is 17.7. The number of benzene rings is 2. The van der Waals surface area contributed by atoms with Crippen LogP contribution in [0.15, 0.2) is 46.3 Å². The number of hydrogen-bond donors (Lipinski definition) is 2. The van der Waals surface area contributed by atoms with Crippen LogP contribution in [-0.2, 0) is 9.59 Å². The van der Waals surface area contributed by atoms with Gasteiger partial charge < -0.3 is 19.9 Å². The van der Waals surface area contributed by atoms with Gasteiger partial charge in [0.25, 0.3) is 5.91 Å². The number of aliphatic imine (C=N–C) groups is 1. The first-order chi connectivity index (χ1) is 14.4. The second kappa shape index (κ2) is 9.49. The molecule has 1 fully saturated rings. The van der Waals surface area contributed by atoms with Crippen molar-refractivity contribution in [2.45, 2.75) is 20.3 Å². The number of aryl methyl sites for hydroxylation is 1. The van der Waals surface area contributed by atoms with Crippen LogP contribution in [-0.4, -0.2) is 35.9 Å². The maximum absolute atomic E-state index is 12.4. The number of methoxy groups -OCH3 is 1. The number of carbonyl (C=O) groups excluding carboxylic acids is 1. The second-order valence-corrected chi connectivity index (χ2v) is 7.63. The van der Waals surface area contributed by atoms with Crippen molar-refractivity contribution in [3.63, 3.8) is 0 Å². The van der Waals surface area contributed by atoms with Gasteiger partial charge in [0.1, 0.15) is 0 Å². The molecule has 0 radical (unpaired) electrons. The summed E-state index contributed by atoms with van der Waals surface area (Å²) in [4.78, 5) is 28.1. The lowest BCUT2D eigenvalue weighted by atomic mass is 10.1. The summed E-state index contributed by atoms with van der Waals surface area (Å²) in [6.45, 7) is 4.06. The normalized spacial score (nSPS) is 16.0. The van der Waals surface area contributed by atoms with Crippen molar-refractivity contribution < 1.29 is 24.2 Å². The Morgan fingerprint density at radius 2 is 2.03 bits per heavy atom. The van der Waals surface area contributed by atoms with E-state index in [0.717, 1.165) is 22.4 Å². The maximum Gasteiger partial charge on any atom is 0.306 e. The van der Waals surface area contributed by atoms with Gasteiger partial charge in [-0.3, -0.25) is 9.59 Å². The molecule has 0 bridgehead atoms. The molecule has 8 heteroatoms. The number of nitrogens with one attached hydrogen (secondary N) is 1. The number of aliphatic carboxylic acids is 1. The van der Waals surface area contributed by atoms with Gasteiger partial charge in [0.05, 0.1) is 30.7 Å². The molecule has 2 aromatic rings. The van der Waals surface area contributed by atoms with E-state index in [0.29, 0.717) is 21.6 Å². The fourth-order valence-electron chi connectivity index (χ4n) is 2.74. The van der Waals surface area contributed by atoms with Gasteiger partial charge in [-0.2, -0.15) is 0 Å². The molecule has 0 saturated carbocycles. The van der Waals surface area contributed by atoms with Crippen LogP contribution in [0.1, 0.15) is 23.1 Å². The van der Waals surface area contributed by atoms with Crippen LogP contribution in [0.25, 0.3) is 6.08 Å². The van der Waals surface area contributed by atoms with Crippen molar-refractivity contribution in [3.8, 4) is 11.5 Å². The minimum absolute atomic E-state index is 0.0442. The zero-order valence-electron chi connectivity index (χ0n) is 16.9. The number of rotatable bonds is 7.